The van der Waals surface area contributed by atoms with Crippen LogP contribution in [0.4, 0.5) is 0 Å². The lowest BCUT2D eigenvalue weighted by Gasteiger charge is -2.14. The number of hydrogen-bond acceptors (Lipinski definition) is 3. The van der Waals surface area contributed by atoms with Crippen LogP contribution in [-0.4, -0.2) is 13.2 Å². The molecule has 0 radical (unpaired) electrons. The highest BCUT2D eigenvalue weighted by atomic mass is 79.9. The SMILES string of the molecule is C=C(Br)COc1c(CN)cccc1OCC. The van der Waals surface area contributed by atoms with Crippen LogP contribution >= 0.6 is 15.9 Å². The molecule has 1 aromatic rings. The number of rotatable bonds is 6. The van der Waals surface area contributed by atoms with Gasteiger partial charge in [-0.15, -0.1) is 0 Å². The van der Waals surface area contributed by atoms with Crippen molar-refractivity contribution in [2.45, 2.75) is 13.5 Å². The molecule has 0 aliphatic carbocycles. The molecule has 0 saturated carbocycles. The zero-order valence-corrected chi connectivity index (χ0v) is 10.9. The first kappa shape index (κ1) is 13.1. The predicted octanol–water partition coefficient (Wildman–Crippen LogP) is 2.83. The van der Waals surface area contributed by atoms with Crippen LogP contribution in [0.3, 0.4) is 0 Å². The Kier molecular flexibility index (Phi) is 5.35. The lowest BCUT2D eigenvalue weighted by molar-refractivity contribution is 0.294. The summed E-state index contributed by atoms with van der Waals surface area (Å²) < 4.78 is 11.9. The Morgan fingerprint density at radius 3 is 2.75 bits per heavy atom. The van der Waals surface area contributed by atoms with Crippen molar-refractivity contribution >= 4 is 15.9 Å². The molecule has 0 fully saturated rings. The molecule has 0 bridgehead atoms. The average Bonchev–Trinajstić information content (AvgIpc) is 2.27. The van der Waals surface area contributed by atoms with E-state index in [1.54, 1.807) is 0 Å². The van der Waals surface area contributed by atoms with Crippen LogP contribution in [0.1, 0.15) is 12.5 Å². The van der Waals surface area contributed by atoms with Gasteiger partial charge >= 0.3 is 0 Å². The van der Waals surface area contributed by atoms with Gasteiger partial charge in [-0.25, -0.2) is 0 Å². The number of hydrogen-bond donors (Lipinski definition) is 1. The molecule has 0 aliphatic heterocycles. The van der Waals surface area contributed by atoms with Gasteiger partial charge in [-0.1, -0.05) is 34.6 Å². The molecular formula is C12H16BrNO2. The summed E-state index contributed by atoms with van der Waals surface area (Å²) in [5, 5.41) is 0. The minimum atomic E-state index is 0.400. The van der Waals surface area contributed by atoms with E-state index in [2.05, 4.69) is 22.5 Å². The second kappa shape index (κ2) is 6.55. The summed E-state index contributed by atoms with van der Waals surface area (Å²) in [5.41, 5.74) is 6.58. The average molecular weight is 286 g/mol. The second-order valence-corrected chi connectivity index (χ2v) is 4.31. The van der Waals surface area contributed by atoms with Crippen LogP contribution < -0.4 is 15.2 Å². The first-order valence-electron chi connectivity index (χ1n) is 5.09. The van der Waals surface area contributed by atoms with Gasteiger partial charge < -0.3 is 15.2 Å². The second-order valence-electron chi connectivity index (χ2n) is 3.19. The summed E-state index contributed by atoms with van der Waals surface area (Å²) in [6.07, 6.45) is 0. The maximum Gasteiger partial charge on any atom is 0.166 e. The Morgan fingerprint density at radius 2 is 2.19 bits per heavy atom. The molecule has 2 N–H and O–H groups in total. The number of halogens is 1. The summed E-state index contributed by atoms with van der Waals surface area (Å²) in [5.74, 6) is 1.42. The lowest BCUT2D eigenvalue weighted by Crippen LogP contribution is -2.06. The Morgan fingerprint density at radius 1 is 1.44 bits per heavy atom. The van der Waals surface area contributed by atoms with E-state index in [-0.39, 0.29) is 0 Å². The Bertz CT molecular complexity index is 366. The molecule has 0 saturated heterocycles. The van der Waals surface area contributed by atoms with Crippen LogP contribution in [0.2, 0.25) is 0 Å². The van der Waals surface area contributed by atoms with Gasteiger partial charge in [0.15, 0.2) is 11.5 Å². The molecule has 0 atom stereocenters. The lowest BCUT2D eigenvalue weighted by atomic mass is 10.2. The Labute approximate surface area is 104 Å². The van der Waals surface area contributed by atoms with Crippen molar-refractivity contribution in [3.05, 3.63) is 34.8 Å². The third-order valence-electron chi connectivity index (χ3n) is 1.95. The van der Waals surface area contributed by atoms with Crippen LogP contribution in [0, 0.1) is 0 Å². The van der Waals surface area contributed by atoms with Crippen molar-refractivity contribution in [1.82, 2.24) is 0 Å². The fraction of sp³-hybridized carbons (Fsp3) is 0.333. The highest BCUT2D eigenvalue weighted by Crippen LogP contribution is 2.31. The molecule has 1 aromatic carbocycles. The molecule has 0 aromatic heterocycles. The minimum Gasteiger partial charge on any atom is -0.490 e. The van der Waals surface area contributed by atoms with Crippen LogP contribution in [0.15, 0.2) is 29.3 Å². The van der Waals surface area contributed by atoms with E-state index in [1.165, 1.54) is 0 Å². The van der Waals surface area contributed by atoms with E-state index >= 15 is 0 Å². The van der Waals surface area contributed by atoms with Crippen molar-refractivity contribution in [1.29, 1.82) is 0 Å². The fourth-order valence-corrected chi connectivity index (χ4v) is 1.42. The number of para-hydroxylation sites is 1. The first-order chi connectivity index (χ1) is 7.69. The summed E-state index contributed by atoms with van der Waals surface area (Å²) >= 11 is 3.25. The summed E-state index contributed by atoms with van der Waals surface area (Å²) in [4.78, 5) is 0. The standard InChI is InChI=1S/C12H16BrNO2/c1-3-15-11-6-4-5-10(7-14)12(11)16-8-9(2)13/h4-6H,2-3,7-8,14H2,1H3. The van der Waals surface area contributed by atoms with Crippen molar-refractivity contribution in [2.75, 3.05) is 13.2 Å². The molecule has 88 valence electrons. The largest absolute Gasteiger partial charge is 0.490 e. The summed E-state index contributed by atoms with van der Waals surface area (Å²) in [6, 6.07) is 5.70. The molecule has 0 aliphatic rings. The molecule has 0 spiro atoms. The Hall–Kier alpha value is -1.00. The van der Waals surface area contributed by atoms with E-state index in [0.717, 1.165) is 15.8 Å². The van der Waals surface area contributed by atoms with Gasteiger partial charge in [0.05, 0.1) is 6.61 Å². The molecule has 0 amide bonds. The molecule has 4 heteroatoms. The van der Waals surface area contributed by atoms with Crippen LogP contribution in [0.25, 0.3) is 0 Å². The van der Waals surface area contributed by atoms with E-state index in [4.69, 9.17) is 15.2 Å². The third kappa shape index (κ3) is 3.54. The van der Waals surface area contributed by atoms with E-state index in [9.17, 15) is 0 Å². The molecular weight excluding hydrogens is 270 g/mol. The third-order valence-corrected chi connectivity index (χ3v) is 2.18. The van der Waals surface area contributed by atoms with Gasteiger partial charge in [-0.05, 0) is 13.0 Å². The van der Waals surface area contributed by atoms with Gasteiger partial charge in [0.1, 0.15) is 6.61 Å². The Balaban J connectivity index is 2.94. The van der Waals surface area contributed by atoms with Crippen molar-refractivity contribution in [2.24, 2.45) is 5.73 Å². The van der Waals surface area contributed by atoms with E-state index in [0.29, 0.717) is 25.5 Å². The zero-order valence-electron chi connectivity index (χ0n) is 9.33. The number of nitrogens with two attached hydrogens (primary N) is 1. The normalized spacial score (nSPS) is 9.94. The minimum absolute atomic E-state index is 0.400. The summed E-state index contributed by atoms with van der Waals surface area (Å²) in [7, 11) is 0. The highest BCUT2D eigenvalue weighted by Gasteiger charge is 2.09. The highest BCUT2D eigenvalue weighted by molar-refractivity contribution is 9.11. The topological polar surface area (TPSA) is 44.5 Å². The smallest absolute Gasteiger partial charge is 0.166 e. The van der Waals surface area contributed by atoms with Crippen molar-refractivity contribution < 1.29 is 9.47 Å². The number of ether oxygens (including phenoxy) is 2. The monoisotopic (exact) mass is 285 g/mol. The molecule has 16 heavy (non-hydrogen) atoms. The molecule has 0 unspecified atom stereocenters. The van der Waals surface area contributed by atoms with Gasteiger partial charge in [0, 0.05) is 16.6 Å². The van der Waals surface area contributed by atoms with Crippen LogP contribution in [0.5, 0.6) is 11.5 Å². The predicted molar refractivity (Wildman–Crippen MR) is 69.1 cm³/mol. The number of benzene rings is 1. The fourth-order valence-electron chi connectivity index (χ4n) is 1.31. The summed E-state index contributed by atoms with van der Waals surface area (Å²) in [6.45, 7) is 7.07. The molecule has 1 rings (SSSR count). The van der Waals surface area contributed by atoms with Crippen molar-refractivity contribution in [3.63, 3.8) is 0 Å². The van der Waals surface area contributed by atoms with Gasteiger partial charge in [0.2, 0.25) is 0 Å². The maximum atomic E-state index is 5.65. The zero-order chi connectivity index (χ0) is 12.0. The van der Waals surface area contributed by atoms with Gasteiger partial charge in [-0.2, -0.15) is 0 Å². The van der Waals surface area contributed by atoms with Gasteiger partial charge in [-0.3, -0.25) is 0 Å². The molecule has 0 heterocycles. The van der Waals surface area contributed by atoms with Gasteiger partial charge in [0.25, 0.3) is 0 Å². The van der Waals surface area contributed by atoms with E-state index in [1.807, 2.05) is 25.1 Å². The molecule has 3 nitrogen and oxygen atoms in total. The quantitative estimate of drug-likeness (QED) is 0.874. The van der Waals surface area contributed by atoms with Crippen LogP contribution in [-0.2, 0) is 6.54 Å². The van der Waals surface area contributed by atoms with Crippen molar-refractivity contribution in [3.8, 4) is 11.5 Å². The first-order valence-corrected chi connectivity index (χ1v) is 5.89. The van der Waals surface area contributed by atoms with E-state index < -0.39 is 0 Å². The maximum absolute atomic E-state index is 5.65.